The number of hydrogen-bond donors (Lipinski definition) is 2. The van der Waals surface area contributed by atoms with Gasteiger partial charge in [-0.3, -0.25) is 0 Å². The number of sulfone groups is 1. The van der Waals surface area contributed by atoms with Gasteiger partial charge in [0, 0.05) is 30.3 Å². The first-order valence-corrected chi connectivity index (χ1v) is 9.75. The minimum Gasteiger partial charge on any atom is -0.338 e. The SMILES string of the molecule is CC(C)c1nc(CCNC(=O)N[C@H]2CCS(=O)(=O)C2)cs1. The van der Waals surface area contributed by atoms with Crippen molar-refractivity contribution >= 4 is 27.2 Å². The second-order valence-electron chi connectivity index (χ2n) is 5.58. The minimum atomic E-state index is -2.96. The van der Waals surface area contributed by atoms with Crippen LogP contribution in [0.25, 0.3) is 0 Å². The lowest BCUT2D eigenvalue weighted by atomic mass is 10.2. The van der Waals surface area contributed by atoms with E-state index in [9.17, 15) is 13.2 Å². The van der Waals surface area contributed by atoms with E-state index in [1.54, 1.807) is 11.3 Å². The molecule has 1 aliphatic heterocycles. The van der Waals surface area contributed by atoms with Gasteiger partial charge in [-0.25, -0.2) is 18.2 Å². The van der Waals surface area contributed by atoms with Gasteiger partial charge in [-0.05, 0) is 6.42 Å². The van der Waals surface area contributed by atoms with E-state index in [1.807, 2.05) is 5.38 Å². The first-order chi connectivity index (χ1) is 9.85. The molecule has 1 aromatic rings. The second-order valence-corrected chi connectivity index (χ2v) is 8.70. The van der Waals surface area contributed by atoms with Gasteiger partial charge in [0.1, 0.15) is 0 Å². The zero-order valence-corrected chi connectivity index (χ0v) is 13.9. The van der Waals surface area contributed by atoms with Gasteiger partial charge in [-0.15, -0.1) is 11.3 Å². The Morgan fingerprint density at radius 2 is 2.29 bits per heavy atom. The molecule has 0 aliphatic carbocycles. The molecule has 8 heteroatoms. The van der Waals surface area contributed by atoms with Crippen molar-refractivity contribution in [2.45, 2.75) is 38.6 Å². The van der Waals surface area contributed by atoms with Gasteiger partial charge in [0.15, 0.2) is 9.84 Å². The lowest BCUT2D eigenvalue weighted by molar-refractivity contribution is 0.238. The highest BCUT2D eigenvalue weighted by Gasteiger charge is 2.28. The van der Waals surface area contributed by atoms with E-state index >= 15 is 0 Å². The average molecular weight is 331 g/mol. The van der Waals surface area contributed by atoms with Crippen LogP contribution >= 0.6 is 11.3 Å². The molecule has 0 spiro atoms. The molecule has 1 atom stereocenters. The smallest absolute Gasteiger partial charge is 0.315 e. The maximum Gasteiger partial charge on any atom is 0.315 e. The Morgan fingerprint density at radius 3 is 2.86 bits per heavy atom. The quantitative estimate of drug-likeness (QED) is 0.851. The molecule has 118 valence electrons. The molecule has 1 saturated heterocycles. The number of urea groups is 1. The summed E-state index contributed by atoms with van der Waals surface area (Å²) >= 11 is 1.64. The van der Waals surface area contributed by atoms with Gasteiger partial charge < -0.3 is 10.6 Å². The molecule has 0 saturated carbocycles. The molecule has 21 heavy (non-hydrogen) atoms. The number of carbonyl (C=O) groups is 1. The zero-order valence-electron chi connectivity index (χ0n) is 12.3. The van der Waals surface area contributed by atoms with E-state index < -0.39 is 9.84 Å². The maximum atomic E-state index is 11.7. The fourth-order valence-corrected chi connectivity index (χ4v) is 4.69. The number of aromatic nitrogens is 1. The molecule has 0 aromatic carbocycles. The van der Waals surface area contributed by atoms with Gasteiger partial charge >= 0.3 is 6.03 Å². The fourth-order valence-electron chi connectivity index (χ4n) is 2.15. The topological polar surface area (TPSA) is 88.2 Å². The van der Waals surface area contributed by atoms with E-state index in [-0.39, 0.29) is 23.6 Å². The highest BCUT2D eigenvalue weighted by atomic mass is 32.2. The summed E-state index contributed by atoms with van der Waals surface area (Å²) < 4.78 is 22.6. The number of thiazole rings is 1. The highest BCUT2D eigenvalue weighted by molar-refractivity contribution is 7.91. The van der Waals surface area contributed by atoms with Crippen LogP contribution in [-0.4, -0.2) is 43.5 Å². The van der Waals surface area contributed by atoms with Gasteiger partial charge in [-0.1, -0.05) is 13.8 Å². The molecular formula is C13H21N3O3S2. The Labute approximate surface area is 129 Å². The lowest BCUT2D eigenvalue weighted by Crippen LogP contribution is -2.43. The van der Waals surface area contributed by atoms with Crippen molar-refractivity contribution < 1.29 is 13.2 Å². The van der Waals surface area contributed by atoms with E-state index in [0.717, 1.165) is 10.7 Å². The normalized spacial score (nSPS) is 20.6. The molecule has 2 amide bonds. The first kappa shape index (κ1) is 16.2. The maximum absolute atomic E-state index is 11.7. The van der Waals surface area contributed by atoms with Crippen LogP contribution in [0.3, 0.4) is 0 Å². The van der Waals surface area contributed by atoms with Crippen molar-refractivity contribution in [2.24, 2.45) is 0 Å². The molecule has 6 nitrogen and oxygen atoms in total. The molecule has 0 radical (unpaired) electrons. The van der Waals surface area contributed by atoms with Gasteiger partial charge in [-0.2, -0.15) is 0 Å². The molecule has 1 aromatic heterocycles. The van der Waals surface area contributed by atoms with Crippen LogP contribution in [0.4, 0.5) is 4.79 Å². The Morgan fingerprint density at radius 1 is 1.52 bits per heavy atom. The number of nitrogens with zero attached hydrogens (tertiary/aromatic N) is 1. The standard InChI is InChI=1S/C13H21N3O3S2/c1-9(2)12-15-10(7-20-12)3-5-14-13(17)16-11-4-6-21(18,19)8-11/h7,9,11H,3-6,8H2,1-2H3,(H2,14,16,17)/t11-/m0/s1. The summed E-state index contributed by atoms with van der Waals surface area (Å²) in [6.45, 7) is 4.69. The summed E-state index contributed by atoms with van der Waals surface area (Å²) in [6.07, 6.45) is 1.18. The van der Waals surface area contributed by atoms with Crippen molar-refractivity contribution in [1.29, 1.82) is 0 Å². The van der Waals surface area contributed by atoms with Crippen molar-refractivity contribution in [1.82, 2.24) is 15.6 Å². The largest absolute Gasteiger partial charge is 0.338 e. The summed E-state index contributed by atoms with van der Waals surface area (Å²) in [5.74, 6) is 0.628. The Kier molecular flexibility index (Phi) is 5.21. The number of rotatable bonds is 5. The predicted octanol–water partition coefficient (Wildman–Crippen LogP) is 1.30. The molecule has 2 heterocycles. The molecule has 1 aliphatic rings. The third kappa shape index (κ3) is 4.96. The summed E-state index contributed by atoms with van der Waals surface area (Å²) in [4.78, 5) is 16.2. The summed E-state index contributed by atoms with van der Waals surface area (Å²) in [6, 6.07) is -0.571. The van der Waals surface area contributed by atoms with E-state index in [1.165, 1.54) is 0 Å². The third-order valence-corrected chi connectivity index (χ3v) is 6.26. The third-order valence-electron chi connectivity index (χ3n) is 3.30. The van der Waals surface area contributed by atoms with Gasteiger partial charge in [0.05, 0.1) is 22.2 Å². The van der Waals surface area contributed by atoms with E-state index in [4.69, 9.17) is 0 Å². The molecule has 0 bridgehead atoms. The van der Waals surface area contributed by atoms with Crippen molar-refractivity contribution in [3.8, 4) is 0 Å². The Hall–Kier alpha value is -1.15. The number of hydrogen-bond acceptors (Lipinski definition) is 5. The van der Waals surface area contributed by atoms with Crippen LogP contribution in [0.2, 0.25) is 0 Å². The summed E-state index contributed by atoms with van der Waals surface area (Å²) in [5.41, 5.74) is 0.979. The summed E-state index contributed by atoms with van der Waals surface area (Å²) in [7, 11) is -2.96. The monoisotopic (exact) mass is 331 g/mol. The van der Waals surface area contributed by atoms with Crippen LogP contribution in [-0.2, 0) is 16.3 Å². The molecule has 2 N–H and O–H groups in total. The molecular weight excluding hydrogens is 310 g/mol. The fraction of sp³-hybridized carbons (Fsp3) is 0.692. The van der Waals surface area contributed by atoms with E-state index in [0.29, 0.717) is 25.3 Å². The summed E-state index contributed by atoms with van der Waals surface area (Å²) in [5, 5.41) is 8.56. The van der Waals surface area contributed by atoms with Gasteiger partial charge in [0.2, 0.25) is 0 Å². The van der Waals surface area contributed by atoms with Crippen LogP contribution in [0.1, 0.15) is 36.9 Å². The van der Waals surface area contributed by atoms with Crippen LogP contribution in [0.5, 0.6) is 0 Å². The Balaban J connectivity index is 1.69. The Bertz CT molecular complexity index is 596. The number of carbonyl (C=O) groups excluding carboxylic acids is 1. The average Bonchev–Trinajstić information content (AvgIpc) is 2.96. The predicted molar refractivity (Wildman–Crippen MR) is 83.5 cm³/mol. The van der Waals surface area contributed by atoms with Crippen molar-refractivity contribution in [3.05, 3.63) is 16.1 Å². The molecule has 0 unspecified atom stereocenters. The van der Waals surface area contributed by atoms with Crippen LogP contribution in [0.15, 0.2) is 5.38 Å². The second kappa shape index (κ2) is 6.74. The van der Waals surface area contributed by atoms with Gasteiger partial charge in [0.25, 0.3) is 0 Å². The zero-order chi connectivity index (χ0) is 15.5. The van der Waals surface area contributed by atoms with Crippen LogP contribution < -0.4 is 10.6 Å². The molecule has 2 rings (SSSR count). The van der Waals surface area contributed by atoms with Crippen LogP contribution in [0, 0.1) is 0 Å². The van der Waals surface area contributed by atoms with Crippen molar-refractivity contribution in [3.63, 3.8) is 0 Å². The van der Waals surface area contributed by atoms with E-state index in [2.05, 4.69) is 29.5 Å². The molecule has 1 fully saturated rings. The number of amides is 2. The minimum absolute atomic E-state index is 0.0459. The van der Waals surface area contributed by atoms with Crippen molar-refractivity contribution in [2.75, 3.05) is 18.1 Å². The number of nitrogens with one attached hydrogen (secondary N) is 2. The first-order valence-electron chi connectivity index (χ1n) is 7.05. The lowest BCUT2D eigenvalue weighted by Gasteiger charge is -2.11. The highest BCUT2D eigenvalue weighted by Crippen LogP contribution is 2.19.